The molecule has 0 saturated carbocycles. The van der Waals surface area contributed by atoms with Crippen molar-refractivity contribution in [1.29, 1.82) is 0 Å². The third kappa shape index (κ3) is 52.0. The van der Waals surface area contributed by atoms with Gasteiger partial charge in [0.15, 0.2) is 0 Å². The summed E-state index contributed by atoms with van der Waals surface area (Å²) in [4.78, 5) is 0. The van der Waals surface area contributed by atoms with Gasteiger partial charge in [-0.05, 0) is 25.7 Å². The van der Waals surface area contributed by atoms with Crippen LogP contribution in [0.1, 0.15) is 25.7 Å². The normalized spacial score (nSPS) is 5.57. The molecule has 0 aromatic rings. The van der Waals surface area contributed by atoms with E-state index in [9.17, 15) is 0 Å². The first-order valence-electron chi connectivity index (χ1n) is 3.50. The Balaban J connectivity index is -0.0000000163. The Morgan fingerprint density at radius 3 is 0.857 bits per heavy atom. The van der Waals surface area contributed by atoms with Gasteiger partial charge >= 0.3 is 0 Å². The van der Waals surface area contributed by atoms with E-state index >= 15 is 0 Å². The van der Waals surface area contributed by atoms with Crippen molar-refractivity contribution in [3.63, 3.8) is 0 Å². The van der Waals surface area contributed by atoms with Gasteiger partial charge in [-0.25, -0.2) is 0 Å². The third-order valence-electron chi connectivity index (χ3n) is 1.25. The van der Waals surface area contributed by atoms with Gasteiger partial charge in [0.1, 0.15) is 0 Å². The molecule has 8 heteroatoms. The van der Waals surface area contributed by atoms with Gasteiger partial charge < -0.3 is 73.4 Å². The Morgan fingerprint density at radius 1 is 0.500 bits per heavy atom. The fourth-order valence-corrected chi connectivity index (χ4v) is 0.707. The Hall–Kier alpha value is 1.000. The van der Waals surface area contributed by atoms with Crippen LogP contribution < -0.4 is 73.4 Å². The molecule has 0 aromatic carbocycles. The number of rotatable bonds is 5. The first-order chi connectivity index (χ1) is 3.91. The molecule has 0 saturated heterocycles. The lowest BCUT2D eigenvalue weighted by molar-refractivity contribution is -0.371. The Morgan fingerprint density at radius 2 is 0.714 bits per heavy atom. The van der Waals surface area contributed by atoms with Crippen LogP contribution in [0.15, 0.2) is 0 Å². The summed E-state index contributed by atoms with van der Waals surface area (Å²) in [6, 6.07) is 0. The van der Waals surface area contributed by atoms with E-state index < -0.39 is 0 Å². The minimum atomic E-state index is 0. The van der Waals surface area contributed by atoms with Gasteiger partial charge in [-0.15, -0.1) is 0 Å². The fourth-order valence-electron chi connectivity index (χ4n) is 0.707. The van der Waals surface area contributed by atoms with Crippen LogP contribution in [0.4, 0.5) is 0 Å². The predicted molar refractivity (Wildman–Crippen MR) is 45.9 cm³/mol. The maximum atomic E-state index is 3.77. The molecule has 0 amide bonds. The van der Waals surface area contributed by atoms with Gasteiger partial charge in [0.2, 0.25) is 0 Å². The highest BCUT2D eigenvalue weighted by Crippen LogP contribution is 1.94. The standard InChI is InChI=1S/C6H16N2.4ClH.2H3N/c7-5-3-1-2-4-6-8;;;;;;/h1-8H2;4*1H;2*1H3. The molecule has 0 aliphatic rings. The van der Waals surface area contributed by atoms with Crippen LogP contribution in [0.2, 0.25) is 0 Å². The summed E-state index contributed by atoms with van der Waals surface area (Å²) in [5, 5.41) is 0. The zero-order valence-corrected chi connectivity index (χ0v) is 12.2. The zero-order chi connectivity index (χ0) is 6.24. The topological polar surface area (TPSA) is 128 Å². The van der Waals surface area contributed by atoms with Crippen molar-refractivity contribution in [1.82, 2.24) is 12.3 Å². The minimum Gasteiger partial charge on any atom is -1.00 e. The largest absolute Gasteiger partial charge is 1.00 e. The Kier molecular flexibility index (Phi) is 158. The summed E-state index contributed by atoms with van der Waals surface area (Å²) in [5.41, 5.74) is 7.54. The quantitative estimate of drug-likeness (QED) is 0.359. The lowest BCUT2D eigenvalue weighted by Gasteiger charge is -1.91. The second-order valence-electron chi connectivity index (χ2n) is 2.12. The lowest BCUT2D eigenvalue weighted by atomic mass is 10.2. The first kappa shape index (κ1) is 45.9. The van der Waals surface area contributed by atoms with E-state index in [-0.39, 0.29) is 61.9 Å². The second-order valence-corrected chi connectivity index (χ2v) is 2.12. The number of quaternary nitrogens is 4. The minimum absolute atomic E-state index is 0. The predicted octanol–water partition coefficient (Wildman–Crippen LogP) is -12.2. The van der Waals surface area contributed by atoms with Gasteiger partial charge in [0.25, 0.3) is 0 Å². The molecule has 14 heavy (non-hydrogen) atoms. The molecule has 0 aliphatic carbocycles. The van der Waals surface area contributed by atoms with Gasteiger partial charge in [-0.1, -0.05) is 0 Å². The van der Waals surface area contributed by atoms with Gasteiger partial charge in [0.05, 0.1) is 13.1 Å². The molecule has 0 unspecified atom stereocenters. The fraction of sp³-hybridized carbons (Fsp3) is 1.00. The third-order valence-corrected chi connectivity index (χ3v) is 1.25. The molecule has 0 atom stereocenters. The van der Waals surface area contributed by atoms with Gasteiger partial charge in [-0.2, -0.15) is 0 Å². The monoisotopic (exact) mass is 294 g/mol. The molecular formula is C6H26Cl4N4. The highest BCUT2D eigenvalue weighted by Gasteiger charge is 1.86. The van der Waals surface area contributed by atoms with Crippen molar-refractivity contribution in [3.8, 4) is 0 Å². The highest BCUT2D eigenvalue weighted by molar-refractivity contribution is 4.38. The van der Waals surface area contributed by atoms with E-state index in [4.69, 9.17) is 0 Å². The van der Waals surface area contributed by atoms with Crippen molar-refractivity contribution < 1.29 is 61.1 Å². The van der Waals surface area contributed by atoms with Crippen molar-refractivity contribution >= 4 is 0 Å². The zero-order valence-electron chi connectivity index (χ0n) is 9.17. The summed E-state index contributed by atoms with van der Waals surface area (Å²) in [7, 11) is 0. The van der Waals surface area contributed by atoms with E-state index in [2.05, 4.69) is 11.5 Å². The van der Waals surface area contributed by atoms with E-state index in [0.717, 1.165) is 13.1 Å². The van der Waals surface area contributed by atoms with E-state index in [0.29, 0.717) is 0 Å². The van der Waals surface area contributed by atoms with Crippen LogP contribution >= 0.6 is 0 Å². The van der Waals surface area contributed by atoms with Crippen molar-refractivity contribution in [2.45, 2.75) is 25.7 Å². The number of hydrogen-bond donors (Lipinski definition) is 4. The van der Waals surface area contributed by atoms with Gasteiger partial charge in [0, 0.05) is 0 Å². The van der Waals surface area contributed by atoms with Crippen molar-refractivity contribution in [2.75, 3.05) is 13.1 Å². The maximum Gasteiger partial charge on any atom is 0.0739 e. The molecule has 0 aromatic heterocycles. The first-order valence-corrected chi connectivity index (χ1v) is 3.50. The highest BCUT2D eigenvalue weighted by atomic mass is 35.5. The molecule has 0 radical (unpaired) electrons. The molecule has 0 aliphatic heterocycles. The molecule has 0 bridgehead atoms. The second kappa shape index (κ2) is 48.3. The average molecular weight is 296 g/mol. The Labute approximate surface area is 112 Å². The maximum absolute atomic E-state index is 3.77. The molecule has 0 heterocycles. The number of halogens is 4. The van der Waals surface area contributed by atoms with Gasteiger partial charge in [-0.3, -0.25) is 0 Å². The van der Waals surface area contributed by atoms with E-state index in [1.165, 1.54) is 25.7 Å². The van der Waals surface area contributed by atoms with Crippen LogP contribution in [-0.4, -0.2) is 13.1 Å². The van der Waals surface area contributed by atoms with E-state index in [1.807, 2.05) is 0 Å². The van der Waals surface area contributed by atoms with Crippen molar-refractivity contribution in [3.05, 3.63) is 0 Å². The van der Waals surface area contributed by atoms with Crippen LogP contribution in [0.25, 0.3) is 0 Å². The molecular weight excluding hydrogens is 270 g/mol. The summed E-state index contributed by atoms with van der Waals surface area (Å²) in [6.07, 6.45) is 5.28. The molecule has 0 rings (SSSR count). The van der Waals surface area contributed by atoms with E-state index in [1.54, 1.807) is 0 Å². The SMILES string of the molecule is [Cl-].[Cl-].[Cl-].[Cl-].[NH3+]CCCCCC[NH3+].[NH4+].[NH4+]. The van der Waals surface area contributed by atoms with Crippen LogP contribution in [0, 0.1) is 0 Å². The molecule has 0 fully saturated rings. The summed E-state index contributed by atoms with van der Waals surface area (Å²) in [5.74, 6) is 0. The number of hydrogen-bond acceptors (Lipinski definition) is 0. The van der Waals surface area contributed by atoms with Crippen LogP contribution in [0.5, 0.6) is 0 Å². The smallest absolute Gasteiger partial charge is 0.0739 e. The number of unbranched alkanes of at least 4 members (excludes halogenated alkanes) is 3. The summed E-state index contributed by atoms with van der Waals surface area (Å²) in [6.45, 7) is 2.19. The Bertz CT molecular complexity index is 46.8. The summed E-state index contributed by atoms with van der Waals surface area (Å²) < 4.78 is 0. The molecule has 98 valence electrons. The lowest BCUT2D eigenvalue weighted by Crippen LogP contribution is -3.00. The van der Waals surface area contributed by atoms with Crippen LogP contribution in [0.3, 0.4) is 0 Å². The molecule has 0 spiro atoms. The molecule has 14 N–H and O–H groups in total. The molecule has 4 nitrogen and oxygen atoms in total. The average Bonchev–Trinajstić information content (AvgIpc) is 1.81. The van der Waals surface area contributed by atoms with Crippen LogP contribution in [-0.2, 0) is 0 Å². The van der Waals surface area contributed by atoms with Crippen molar-refractivity contribution in [2.24, 2.45) is 0 Å². The summed E-state index contributed by atoms with van der Waals surface area (Å²) >= 11 is 0.